The van der Waals surface area contributed by atoms with E-state index in [2.05, 4.69) is 22.5 Å². The van der Waals surface area contributed by atoms with Gasteiger partial charge in [-0.15, -0.1) is 0 Å². The Morgan fingerprint density at radius 2 is 1.30 bits per heavy atom. The highest BCUT2D eigenvalue weighted by molar-refractivity contribution is 6.06. The van der Waals surface area contributed by atoms with E-state index in [0.717, 1.165) is 23.1 Å². The number of carbonyl (C=O) groups is 6. The first kappa shape index (κ1) is 30.6. The Hall–Kier alpha value is -4.86. The van der Waals surface area contributed by atoms with Crippen molar-refractivity contribution in [3.8, 4) is 11.8 Å². The molecular weight excluding hydrogens is 568 g/mol. The van der Waals surface area contributed by atoms with Crippen LogP contribution in [0.3, 0.4) is 0 Å². The fraction of sp³-hybridized carbons (Fsp3) is 0.375. The predicted octanol–water partition coefficient (Wildman–Crippen LogP) is 0.164. The average Bonchev–Trinajstić information content (AvgIpc) is 3.51. The standard InChI is InChI=1S/C16H18N2O4.C16H14N2O4/c2*19-7-1-2-10-3-4-11-9-18(16(22)12(11)8-10)13-5-6-14(20)17-15(13)21/h3-4,8,13,19H,1-2,5-7,9H2,(H,17,20,21);3-4,8,13,19H,5-7,9H2,(H,17,20,21). The predicted molar refractivity (Wildman–Crippen MR) is 154 cm³/mol. The van der Waals surface area contributed by atoms with Gasteiger partial charge in [-0.1, -0.05) is 30.0 Å². The molecule has 4 heterocycles. The molecule has 12 nitrogen and oxygen atoms in total. The molecule has 2 fully saturated rings. The van der Waals surface area contributed by atoms with E-state index in [0.29, 0.717) is 49.0 Å². The molecule has 44 heavy (non-hydrogen) atoms. The second kappa shape index (κ2) is 13.2. The molecule has 4 aliphatic heterocycles. The number of nitrogens with zero attached hydrogens (tertiary/aromatic N) is 2. The van der Waals surface area contributed by atoms with E-state index in [4.69, 9.17) is 10.2 Å². The van der Waals surface area contributed by atoms with Gasteiger partial charge in [0.15, 0.2) is 0 Å². The Morgan fingerprint density at radius 1 is 0.750 bits per heavy atom. The lowest BCUT2D eigenvalue weighted by Crippen LogP contribution is -2.52. The molecule has 0 radical (unpaired) electrons. The van der Waals surface area contributed by atoms with Gasteiger partial charge in [0.25, 0.3) is 11.8 Å². The topological polar surface area (TPSA) is 173 Å². The molecule has 0 saturated carbocycles. The monoisotopic (exact) mass is 600 g/mol. The molecule has 4 aliphatic rings. The van der Waals surface area contributed by atoms with Gasteiger partial charge in [0, 0.05) is 49.2 Å². The van der Waals surface area contributed by atoms with Crippen molar-refractivity contribution in [1.29, 1.82) is 0 Å². The van der Waals surface area contributed by atoms with Gasteiger partial charge in [-0.3, -0.25) is 39.4 Å². The summed E-state index contributed by atoms with van der Waals surface area (Å²) in [5.41, 5.74) is 4.54. The molecule has 0 aromatic heterocycles. The van der Waals surface area contributed by atoms with Gasteiger partial charge in [0.05, 0.1) is 0 Å². The number of imide groups is 2. The van der Waals surface area contributed by atoms with Crippen LogP contribution in [0, 0.1) is 11.8 Å². The molecule has 0 aliphatic carbocycles. The van der Waals surface area contributed by atoms with Crippen molar-refractivity contribution >= 4 is 35.4 Å². The lowest BCUT2D eigenvalue weighted by Gasteiger charge is -2.29. The molecule has 2 atom stereocenters. The van der Waals surface area contributed by atoms with Crippen LogP contribution in [0.4, 0.5) is 0 Å². The first-order valence-electron chi connectivity index (χ1n) is 14.4. The maximum absolute atomic E-state index is 12.6. The van der Waals surface area contributed by atoms with Gasteiger partial charge >= 0.3 is 0 Å². The number of fused-ring (bicyclic) bond motifs is 2. The summed E-state index contributed by atoms with van der Waals surface area (Å²) in [7, 11) is 0. The van der Waals surface area contributed by atoms with Crippen molar-refractivity contribution in [2.24, 2.45) is 0 Å². The summed E-state index contributed by atoms with van der Waals surface area (Å²) in [4.78, 5) is 74.4. The lowest BCUT2D eigenvalue weighted by molar-refractivity contribution is -0.138. The van der Waals surface area contributed by atoms with Crippen LogP contribution in [0.15, 0.2) is 36.4 Å². The molecule has 228 valence electrons. The quantitative estimate of drug-likeness (QED) is 0.278. The highest BCUT2D eigenvalue weighted by Gasteiger charge is 2.40. The van der Waals surface area contributed by atoms with Gasteiger partial charge in [0.1, 0.15) is 18.7 Å². The Bertz CT molecular complexity index is 1610. The Morgan fingerprint density at radius 3 is 1.82 bits per heavy atom. The van der Waals surface area contributed by atoms with Crippen molar-refractivity contribution in [2.45, 2.75) is 63.7 Å². The number of piperidine rings is 2. The highest BCUT2D eigenvalue weighted by Crippen LogP contribution is 2.29. The number of aryl methyl sites for hydroxylation is 1. The average molecular weight is 601 g/mol. The number of carbonyl (C=O) groups excluding carboxylic acids is 6. The van der Waals surface area contributed by atoms with Crippen molar-refractivity contribution < 1.29 is 39.0 Å². The van der Waals surface area contributed by atoms with Crippen molar-refractivity contribution in [3.05, 3.63) is 69.8 Å². The summed E-state index contributed by atoms with van der Waals surface area (Å²) in [6.07, 6.45) is 2.60. The van der Waals surface area contributed by atoms with Crippen molar-refractivity contribution in [2.75, 3.05) is 13.2 Å². The minimum absolute atomic E-state index is 0.118. The van der Waals surface area contributed by atoms with E-state index in [9.17, 15) is 28.8 Å². The van der Waals surface area contributed by atoms with Gasteiger partial charge in [0.2, 0.25) is 23.6 Å². The smallest absolute Gasteiger partial charge is 0.255 e. The second-order valence-corrected chi connectivity index (χ2v) is 11.0. The van der Waals surface area contributed by atoms with Gasteiger partial charge in [-0.2, -0.15) is 0 Å². The van der Waals surface area contributed by atoms with E-state index < -0.39 is 23.9 Å². The number of hydrogen-bond donors (Lipinski definition) is 4. The van der Waals surface area contributed by atoms with E-state index in [1.165, 1.54) is 4.90 Å². The lowest BCUT2D eigenvalue weighted by atomic mass is 10.0. The first-order valence-corrected chi connectivity index (χ1v) is 14.4. The van der Waals surface area contributed by atoms with E-state index >= 15 is 0 Å². The molecule has 2 unspecified atom stereocenters. The maximum Gasteiger partial charge on any atom is 0.255 e. The number of rotatable bonds is 5. The normalized spacial score (nSPS) is 20.7. The molecule has 0 spiro atoms. The van der Waals surface area contributed by atoms with Crippen LogP contribution in [0.2, 0.25) is 0 Å². The Kier molecular flexibility index (Phi) is 9.18. The fourth-order valence-corrected chi connectivity index (χ4v) is 5.81. The summed E-state index contributed by atoms with van der Waals surface area (Å²) >= 11 is 0. The van der Waals surface area contributed by atoms with E-state index in [1.54, 1.807) is 23.1 Å². The van der Waals surface area contributed by atoms with Gasteiger partial charge < -0.3 is 20.0 Å². The van der Waals surface area contributed by atoms with Crippen LogP contribution < -0.4 is 10.6 Å². The van der Waals surface area contributed by atoms with E-state index in [1.807, 2.05) is 18.2 Å². The third kappa shape index (κ3) is 6.39. The molecule has 2 aromatic rings. The van der Waals surface area contributed by atoms with Crippen LogP contribution in [-0.4, -0.2) is 80.8 Å². The third-order valence-electron chi connectivity index (χ3n) is 8.06. The molecular formula is C32H32N4O8. The highest BCUT2D eigenvalue weighted by atomic mass is 16.3. The first-order chi connectivity index (χ1) is 21.2. The van der Waals surface area contributed by atoms with Crippen LogP contribution in [0.25, 0.3) is 0 Å². The van der Waals surface area contributed by atoms with Gasteiger partial charge in [-0.25, -0.2) is 0 Å². The minimum atomic E-state index is -0.607. The van der Waals surface area contributed by atoms with Gasteiger partial charge in [-0.05, 0) is 60.6 Å². The van der Waals surface area contributed by atoms with Crippen LogP contribution in [0.5, 0.6) is 0 Å². The SMILES string of the molecule is O=C1CCC(N2Cc3ccc(C#CCO)cc3C2=O)C(=O)N1.O=C1CCC(N2Cc3ccc(CCCO)cc3C2=O)C(=O)N1. The third-order valence-corrected chi connectivity index (χ3v) is 8.06. The molecule has 6 amide bonds. The van der Waals surface area contributed by atoms with Crippen molar-refractivity contribution in [1.82, 2.24) is 20.4 Å². The summed E-state index contributed by atoms with van der Waals surface area (Å²) in [5, 5.41) is 22.2. The summed E-state index contributed by atoms with van der Waals surface area (Å²) < 4.78 is 0. The van der Waals surface area contributed by atoms with E-state index in [-0.39, 0.29) is 49.7 Å². The molecule has 0 bridgehead atoms. The minimum Gasteiger partial charge on any atom is -0.396 e. The van der Waals surface area contributed by atoms with Crippen LogP contribution in [0.1, 0.15) is 75.1 Å². The zero-order valence-electron chi connectivity index (χ0n) is 23.9. The Balaban J connectivity index is 0.000000175. The number of benzene rings is 2. The fourth-order valence-electron chi connectivity index (χ4n) is 5.81. The molecule has 4 N–H and O–H groups in total. The van der Waals surface area contributed by atoms with Crippen LogP contribution in [-0.2, 0) is 38.7 Å². The zero-order chi connectivity index (χ0) is 31.4. The zero-order valence-corrected chi connectivity index (χ0v) is 23.9. The number of aliphatic hydroxyl groups is 2. The number of aliphatic hydroxyl groups excluding tert-OH is 2. The summed E-state index contributed by atoms with van der Waals surface area (Å²) in [6.45, 7) is 0.635. The Labute approximate surface area is 253 Å². The number of nitrogens with one attached hydrogen (secondary N) is 2. The molecule has 2 saturated heterocycles. The van der Waals surface area contributed by atoms with Crippen LogP contribution >= 0.6 is 0 Å². The molecule has 6 rings (SSSR count). The maximum atomic E-state index is 12.6. The molecule has 12 heteroatoms. The van der Waals surface area contributed by atoms with Crippen molar-refractivity contribution in [3.63, 3.8) is 0 Å². The largest absolute Gasteiger partial charge is 0.396 e. The second-order valence-electron chi connectivity index (χ2n) is 11.0. The summed E-state index contributed by atoms with van der Waals surface area (Å²) in [6, 6.07) is 9.79. The summed E-state index contributed by atoms with van der Waals surface area (Å²) in [5.74, 6) is 3.52. The number of hydrogen-bond acceptors (Lipinski definition) is 8. The number of amides is 6. The molecule has 2 aromatic carbocycles.